The lowest BCUT2D eigenvalue weighted by atomic mass is 10.0. The van der Waals surface area contributed by atoms with Crippen molar-refractivity contribution >= 4 is 11.0 Å². The number of piperazine rings is 1. The van der Waals surface area contributed by atoms with Crippen molar-refractivity contribution in [1.29, 1.82) is 0 Å². The minimum Gasteiger partial charge on any atom is -0.496 e. The number of hydrogen-bond donors (Lipinski definition) is 1. The van der Waals surface area contributed by atoms with E-state index in [2.05, 4.69) is 29.3 Å². The van der Waals surface area contributed by atoms with Gasteiger partial charge in [0.1, 0.15) is 5.75 Å². The minimum absolute atomic E-state index is 0.257. The molecule has 1 N–H and O–H groups in total. The highest BCUT2D eigenvalue weighted by Gasteiger charge is 2.27. The Morgan fingerprint density at radius 1 is 1.08 bits per heavy atom. The van der Waals surface area contributed by atoms with Gasteiger partial charge in [0.25, 0.3) is 0 Å². The second-order valence-electron chi connectivity index (χ2n) is 6.68. The highest BCUT2D eigenvalue weighted by atomic mass is 16.5. The molecule has 0 radical (unpaired) electrons. The van der Waals surface area contributed by atoms with Gasteiger partial charge in [-0.3, -0.25) is 4.90 Å². The molecule has 2 aromatic carbocycles. The molecule has 2 heterocycles. The molecule has 26 heavy (non-hydrogen) atoms. The van der Waals surface area contributed by atoms with Crippen LogP contribution >= 0.6 is 0 Å². The highest BCUT2D eigenvalue weighted by molar-refractivity contribution is 5.74. The van der Waals surface area contributed by atoms with Gasteiger partial charge in [-0.05, 0) is 25.1 Å². The average Bonchev–Trinajstić information content (AvgIpc) is 2.69. The number of para-hydroxylation sites is 3. The summed E-state index contributed by atoms with van der Waals surface area (Å²) >= 11 is 0. The smallest absolute Gasteiger partial charge is 0.123 e. The van der Waals surface area contributed by atoms with Gasteiger partial charge in [-0.25, -0.2) is 9.97 Å². The third-order valence-corrected chi connectivity index (χ3v) is 5.05. The van der Waals surface area contributed by atoms with Gasteiger partial charge in [0.05, 0.1) is 35.6 Å². The topological polar surface area (TPSA) is 50.3 Å². The third-order valence-electron chi connectivity index (χ3n) is 5.05. The molecule has 4 rings (SSSR count). The number of ether oxygens (including phenoxy) is 1. The van der Waals surface area contributed by atoms with Crippen molar-refractivity contribution in [2.75, 3.05) is 26.7 Å². The fourth-order valence-electron chi connectivity index (χ4n) is 3.65. The molecule has 5 nitrogen and oxygen atoms in total. The van der Waals surface area contributed by atoms with Crippen LogP contribution in [0.4, 0.5) is 0 Å². The zero-order chi connectivity index (χ0) is 17.9. The summed E-state index contributed by atoms with van der Waals surface area (Å²) in [5.41, 5.74) is 5.17. The van der Waals surface area contributed by atoms with Crippen LogP contribution in [0.3, 0.4) is 0 Å². The predicted molar refractivity (Wildman–Crippen MR) is 103 cm³/mol. The highest BCUT2D eigenvalue weighted by Crippen LogP contribution is 2.31. The van der Waals surface area contributed by atoms with Crippen LogP contribution in [0.1, 0.15) is 23.0 Å². The normalized spacial score (nSPS) is 18.2. The molecule has 0 amide bonds. The molecule has 134 valence electrons. The van der Waals surface area contributed by atoms with E-state index in [1.165, 1.54) is 5.56 Å². The molecule has 0 saturated carbocycles. The maximum absolute atomic E-state index is 5.60. The van der Waals surface area contributed by atoms with Gasteiger partial charge >= 0.3 is 0 Å². The number of aromatic nitrogens is 2. The standard InChI is InChI=1S/C21H24N4O/c1-15-19(24-18-9-5-4-8-17(18)23-15)14-25-12-11-22-13-20(25)16-7-3-6-10-21(16)26-2/h3-10,20,22H,11-14H2,1-2H3. The molecule has 0 aliphatic carbocycles. The van der Waals surface area contributed by atoms with Crippen molar-refractivity contribution in [3.8, 4) is 5.75 Å². The molecule has 1 aromatic heterocycles. The third kappa shape index (κ3) is 3.28. The van der Waals surface area contributed by atoms with Gasteiger partial charge in [0.2, 0.25) is 0 Å². The van der Waals surface area contributed by atoms with Gasteiger partial charge in [-0.1, -0.05) is 30.3 Å². The first-order valence-electron chi connectivity index (χ1n) is 9.06. The second-order valence-corrected chi connectivity index (χ2v) is 6.68. The number of nitrogens with zero attached hydrogens (tertiary/aromatic N) is 3. The van der Waals surface area contributed by atoms with Crippen LogP contribution in [0.2, 0.25) is 0 Å². The average molecular weight is 348 g/mol. The Morgan fingerprint density at radius 3 is 2.62 bits per heavy atom. The molecule has 3 aromatic rings. The number of hydrogen-bond acceptors (Lipinski definition) is 5. The van der Waals surface area contributed by atoms with Gasteiger partial charge in [-0.2, -0.15) is 0 Å². The summed E-state index contributed by atoms with van der Waals surface area (Å²) in [7, 11) is 1.73. The predicted octanol–water partition coefficient (Wildman–Crippen LogP) is 3.09. The lowest BCUT2D eigenvalue weighted by Crippen LogP contribution is -2.45. The molecule has 1 atom stereocenters. The monoisotopic (exact) mass is 348 g/mol. The molecule has 1 saturated heterocycles. The lowest BCUT2D eigenvalue weighted by Gasteiger charge is -2.37. The first-order valence-corrected chi connectivity index (χ1v) is 9.06. The van der Waals surface area contributed by atoms with E-state index in [1.807, 2.05) is 36.4 Å². The van der Waals surface area contributed by atoms with E-state index in [4.69, 9.17) is 14.7 Å². The summed E-state index contributed by atoms with van der Waals surface area (Å²) < 4.78 is 5.60. The molecular formula is C21H24N4O. The number of fused-ring (bicyclic) bond motifs is 1. The summed E-state index contributed by atoms with van der Waals surface area (Å²) in [5, 5.41) is 3.51. The summed E-state index contributed by atoms with van der Waals surface area (Å²) in [6.45, 7) is 5.69. The zero-order valence-electron chi connectivity index (χ0n) is 15.3. The van der Waals surface area contributed by atoms with Crippen molar-refractivity contribution in [1.82, 2.24) is 20.2 Å². The first-order chi connectivity index (χ1) is 12.8. The Hall–Kier alpha value is -2.50. The first kappa shape index (κ1) is 16.9. The summed E-state index contributed by atoms with van der Waals surface area (Å²) in [5.74, 6) is 0.938. The molecule has 1 aliphatic rings. The van der Waals surface area contributed by atoms with E-state index in [0.29, 0.717) is 0 Å². The lowest BCUT2D eigenvalue weighted by molar-refractivity contribution is 0.149. The number of methoxy groups -OCH3 is 1. The van der Waals surface area contributed by atoms with Crippen LogP contribution < -0.4 is 10.1 Å². The van der Waals surface area contributed by atoms with Gasteiger partial charge in [0, 0.05) is 31.7 Å². The van der Waals surface area contributed by atoms with Crippen LogP contribution in [0, 0.1) is 6.92 Å². The maximum atomic E-state index is 5.60. The van der Waals surface area contributed by atoms with Crippen LogP contribution in [-0.2, 0) is 6.54 Å². The van der Waals surface area contributed by atoms with Crippen LogP contribution in [0.5, 0.6) is 5.75 Å². The molecule has 1 fully saturated rings. The Balaban J connectivity index is 1.66. The van der Waals surface area contributed by atoms with E-state index in [1.54, 1.807) is 7.11 Å². The van der Waals surface area contributed by atoms with E-state index in [9.17, 15) is 0 Å². The summed E-state index contributed by atoms with van der Waals surface area (Å²) in [6.07, 6.45) is 0. The van der Waals surface area contributed by atoms with E-state index in [-0.39, 0.29) is 6.04 Å². The second kappa shape index (κ2) is 7.40. The van der Waals surface area contributed by atoms with Crippen molar-refractivity contribution in [3.63, 3.8) is 0 Å². The Kier molecular flexibility index (Phi) is 4.82. The fraction of sp³-hybridized carbons (Fsp3) is 0.333. The minimum atomic E-state index is 0.257. The summed E-state index contributed by atoms with van der Waals surface area (Å²) in [4.78, 5) is 12.1. The van der Waals surface area contributed by atoms with Crippen molar-refractivity contribution < 1.29 is 4.74 Å². The van der Waals surface area contributed by atoms with Crippen molar-refractivity contribution in [2.45, 2.75) is 19.5 Å². The Labute approximate surface area is 154 Å². The molecule has 1 unspecified atom stereocenters. The van der Waals surface area contributed by atoms with Crippen LogP contribution in [-0.4, -0.2) is 41.6 Å². The number of nitrogens with one attached hydrogen (secondary N) is 1. The summed E-state index contributed by atoms with van der Waals surface area (Å²) in [6, 6.07) is 16.6. The van der Waals surface area contributed by atoms with Crippen LogP contribution in [0.15, 0.2) is 48.5 Å². The van der Waals surface area contributed by atoms with Gasteiger partial charge in [-0.15, -0.1) is 0 Å². The fourth-order valence-corrected chi connectivity index (χ4v) is 3.65. The van der Waals surface area contributed by atoms with Gasteiger partial charge < -0.3 is 10.1 Å². The van der Waals surface area contributed by atoms with E-state index >= 15 is 0 Å². The number of aryl methyl sites for hydroxylation is 1. The molecule has 5 heteroatoms. The SMILES string of the molecule is COc1ccccc1C1CNCCN1Cc1nc2ccccc2nc1C. The molecule has 1 aliphatic heterocycles. The maximum Gasteiger partial charge on any atom is 0.123 e. The zero-order valence-corrected chi connectivity index (χ0v) is 15.3. The molecule has 0 bridgehead atoms. The van der Waals surface area contributed by atoms with Crippen molar-refractivity contribution in [2.24, 2.45) is 0 Å². The van der Waals surface area contributed by atoms with Gasteiger partial charge in [0.15, 0.2) is 0 Å². The van der Waals surface area contributed by atoms with E-state index in [0.717, 1.165) is 54.3 Å². The Morgan fingerprint density at radius 2 is 1.81 bits per heavy atom. The largest absolute Gasteiger partial charge is 0.496 e. The van der Waals surface area contributed by atoms with Crippen molar-refractivity contribution in [3.05, 3.63) is 65.5 Å². The van der Waals surface area contributed by atoms with E-state index < -0.39 is 0 Å². The molecular weight excluding hydrogens is 324 g/mol. The molecule has 0 spiro atoms. The quantitative estimate of drug-likeness (QED) is 0.785. The van der Waals surface area contributed by atoms with Crippen LogP contribution in [0.25, 0.3) is 11.0 Å². The Bertz CT molecular complexity index is 911. The number of rotatable bonds is 4. The number of benzene rings is 2.